The lowest BCUT2D eigenvalue weighted by atomic mass is 9.93. The van der Waals surface area contributed by atoms with Crippen molar-refractivity contribution in [2.24, 2.45) is 5.10 Å². The monoisotopic (exact) mass is 482 g/mol. The van der Waals surface area contributed by atoms with Crippen LogP contribution in [0.5, 0.6) is 5.75 Å². The van der Waals surface area contributed by atoms with E-state index in [1.165, 1.54) is 12.1 Å². The second-order valence-corrected chi connectivity index (χ2v) is 5.63. The zero-order valence-corrected chi connectivity index (χ0v) is 14.1. The molecule has 17 heteroatoms. The molecule has 0 heterocycles. The van der Waals surface area contributed by atoms with Gasteiger partial charge in [-0.1, -0.05) is 12.1 Å². The molecular weight excluding hydrogens is 475 g/mol. The van der Waals surface area contributed by atoms with Crippen LogP contribution in [0.25, 0.3) is 0 Å². The number of phenolic OH excluding ortho intramolecular Hbond substituents is 1. The summed E-state index contributed by atoms with van der Waals surface area (Å²) in [5.41, 5.74) is 0.137. The summed E-state index contributed by atoms with van der Waals surface area (Å²) >= 11 is 0. The second-order valence-electron chi connectivity index (χ2n) is 5.63. The van der Waals surface area contributed by atoms with Crippen molar-refractivity contribution in [3.8, 4) is 5.75 Å². The van der Waals surface area contributed by atoms with Crippen LogP contribution < -0.4 is 5.43 Å². The van der Waals surface area contributed by atoms with Gasteiger partial charge in [0, 0.05) is 5.56 Å². The highest BCUT2D eigenvalue weighted by atomic mass is 19.4. The first kappa shape index (κ1) is 26.3. The molecule has 0 aliphatic heterocycles. The number of halogens is 13. The number of carbonyl (C=O) groups excluding carboxylic acids is 1. The molecule has 0 aliphatic rings. The smallest absolute Gasteiger partial charge is 0.460 e. The number of carbonyl (C=O) groups is 1. The summed E-state index contributed by atoms with van der Waals surface area (Å²) in [6.45, 7) is 0. The topological polar surface area (TPSA) is 61.7 Å². The Morgan fingerprint density at radius 3 is 1.68 bits per heavy atom. The Morgan fingerprint density at radius 1 is 0.774 bits per heavy atom. The van der Waals surface area contributed by atoms with Gasteiger partial charge in [-0.25, -0.2) is 5.43 Å². The normalized spacial score (nSPS) is 14.7. The number of benzene rings is 1. The minimum atomic E-state index is -8.11. The van der Waals surface area contributed by atoms with E-state index in [-0.39, 0.29) is 5.56 Å². The van der Waals surface area contributed by atoms with E-state index in [0.29, 0.717) is 11.6 Å². The molecule has 0 spiro atoms. The summed E-state index contributed by atoms with van der Waals surface area (Å²) in [7, 11) is 0. The predicted molar refractivity (Wildman–Crippen MR) is 74.6 cm³/mol. The maximum absolute atomic E-state index is 13.5. The summed E-state index contributed by atoms with van der Waals surface area (Å²) in [5.74, 6) is -43.0. The Balaban J connectivity index is 3.26. The van der Waals surface area contributed by atoms with Gasteiger partial charge in [0.25, 0.3) is 0 Å². The molecule has 0 fully saturated rings. The molecule has 0 aliphatic carbocycles. The average molecular weight is 482 g/mol. The summed E-state index contributed by atoms with van der Waals surface area (Å²) in [6, 6.07) is 4.43. The van der Waals surface area contributed by atoms with Gasteiger partial charge in [-0.15, -0.1) is 0 Å². The molecule has 1 aromatic rings. The van der Waals surface area contributed by atoms with Gasteiger partial charge < -0.3 is 5.11 Å². The highest BCUT2D eigenvalue weighted by Gasteiger charge is 2.91. The third-order valence-electron chi connectivity index (χ3n) is 3.53. The van der Waals surface area contributed by atoms with Gasteiger partial charge in [-0.2, -0.15) is 62.2 Å². The predicted octanol–water partition coefficient (Wildman–Crippen LogP) is 4.58. The van der Waals surface area contributed by atoms with E-state index in [0.717, 1.165) is 12.1 Å². The van der Waals surface area contributed by atoms with Crippen LogP contribution in [0.15, 0.2) is 29.4 Å². The van der Waals surface area contributed by atoms with Crippen LogP contribution in [0.1, 0.15) is 5.56 Å². The van der Waals surface area contributed by atoms with Crippen molar-refractivity contribution < 1.29 is 67.0 Å². The second kappa shape index (κ2) is 7.74. The zero-order chi connectivity index (χ0) is 24.7. The number of hydrogen-bond donors (Lipinski definition) is 2. The molecule has 0 radical (unpaired) electrons. The molecule has 0 saturated heterocycles. The van der Waals surface area contributed by atoms with Crippen molar-refractivity contribution in [2.45, 2.75) is 35.8 Å². The molecule has 2 N–H and O–H groups in total. The third-order valence-corrected chi connectivity index (χ3v) is 3.53. The van der Waals surface area contributed by atoms with E-state index in [9.17, 15) is 67.0 Å². The number of hydrazone groups is 1. The van der Waals surface area contributed by atoms with Crippen LogP contribution in [-0.2, 0) is 4.79 Å². The highest BCUT2D eigenvalue weighted by molar-refractivity contribution is 5.88. The molecule has 0 unspecified atom stereocenters. The molecule has 1 rings (SSSR count). The molecule has 0 aromatic heterocycles. The molecule has 1 amide bonds. The van der Waals surface area contributed by atoms with Gasteiger partial charge in [-0.3, -0.25) is 4.79 Å². The number of amides is 1. The van der Waals surface area contributed by atoms with Crippen LogP contribution >= 0.6 is 0 Å². The molecule has 0 bridgehead atoms. The van der Waals surface area contributed by atoms with E-state index >= 15 is 0 Å². The highest BCUT2D eigenvalue weighted by Crippen LogP contribution is 2.60. The molecule has 4 nitrogen and oxygen atoms in total. The minimum Gasteiger partial charge on any atom is -0.507 e. The molecular formula is C14H7F13N2O2. The summed E-state index contributed by atoms with van der Waals surface area (Å²) in [5, 5.41) is 11.8. The fourth-order valence-electron chi connectivity index (χ4n) is 1.74. The van der Waals surface area contributed by atoms with Gasteiger partial charge in [0.05, 0.1) is 6.21 Å². The van der Waals surface area contributed by atoms with Gasteiger partial charge in [0.2, 0.25) is 0 Å². The first-order valence-electron chi connectivity index (χ1n) is 7.23. The quantitative estimate of drug-likeness (QED) is 0.340. The fourth-order valence-corrected chi connectivity index (χ4v) is 1.74. The maximum atomic E-state index is 13.5. The molecule has 176 valence electrons. The van der Waals surface area contributed by atoms with Crippen LogP contribution in [0.3, 0.4) is 0 Å². The number of para-hydroxylation sites is 1. The number of nitrogens with one attached hydrogen (secondary N) is 1. The van der Waals surface area contributed by atoms with Gasteiger partial charge >= 0.3 is 41.7 Å². The summed E-state index contributed by atoms with van der Waals surface area (Å²) < 4.78 is 168. The SMILES string of the molecule is O=C(N/N=C/c1ccccc1O)C(F)(F)C(F)(F)C(F)(F)C(F)(F)C(F)(F)C(F)(F)F. The number of nitrogens with zero attached hydrogens (tertiary/aromatic N) is 1. The Morgan fingerprint density at radius 2 is 1.23 bits per heavy atom. The Labute approximate surface area is 162 Å². The summed E-state index contributed by atoms with van der Waals surface area (Å²) in [6.07, 6.45) is -7.25. The summed E-state index contributed by atoms with van der Waals surface area (Å²) in [4.78, 5) is 11.1. The maximum Gasteiger partial charge on any atom is 0.460 e. The largest absolute Gasteiger partial charge is 0.507 e. The first-order chi connectivity index (χ1) is 13.7. The van der Waals surface area contributed by atoms with E-state index in [2.05, 4.69) is 5.10 Å². The van der Waals surface area contributed by atoms with Crippen LogP contribution in [-0.4, -0.2) is 53.0 Å². The van der Waals surface area contributed by atoms with Gasteiger partial charge in [-0.05, 0) is 12.1 Å². The number of alkyl halides is 13. The van der Waals surface area contributed by atoms with E-state index in [1.807, 2.05) is 0 Å². The number of rotatable bonds is 7. The van der Waals surface area contributed by atoms with E-state index in [4.69, 9.17) is 0 Å². The zero-order valence-electron chi connectivity index (χ0n) is 14.1. The minimum absolute atomic E-state index is 0.298. The van der Waals surface area contributed by atoms with E-state index in [1.54, 1.807) is 0 Å². The number of aromatic hydroxyl groups is 1. The lowest BCUT2D eigenvalue weighted by Gasteiger charge is -2.38. The van der Waals surface area contributed by atoms with E-state index < -0.39 is 47.4 Å². The Bertz CT molecular complexity index is 849. The lowest BCUT2D eigenvalue weighted by molar-refractivity contribution is -0.436. The molecule has 0 saturated carbocycles. The first-order valence-corrected chi connectivity index (χ1v) is 7.23. The fraction of sp³-hybridized carbons (Fsp3) is 0.429. The average Bonchev–Trinajstić information content (AvgIpc) is 2.61. The molecule has 0 atom stereocenters. The van der Waals surface area contributed by atoms with Crippen molar-refractivity contribution in [3.63, 3.8) is 0 Å². The Hall–Kier alpha value is -2.75. The number of phenols is 1. The number of hydrogen-bond acceptors (Lipinski definition) is 3. The van der Waals surface area contributed by atoms with Crippen LogP contribution in [0, 0.1) is 0 Å². The van der Waals surface area contributed by atoms with Crippen LogP contribution in [0.4, 0.5) is 57.1 Å². The van der Waals surface area contributed by atoms with Crippen molar-refractivity contribution >= 4 is 12.1 Å². The lowest BCUT2D eigenvalue weighted by Crippen LogP contribution is -2.71. The van der Waals surface area contributed by atoms with Gasteiger partial charge in [0.15, 0.2) is 0 Å². The third kappa shape index (κ3) is 4.08. The van der Waals surface area contributed by atoms with Crippen LogP contribution in [0.2, 0.25) is 0 Å². The van der Waals surface area contributed by atoms with Crippen molar-refractivity contribution in [2.75, 3.05) is 0 Å². The van der Waals surface area contributed by atoms with Crippen molar-refractivity contribution in [1.29, 1.82) is 0 Å². The molecule has 1 aromatic carbocycles. The Kier molecular flexibility index (Phi) is 6.56. The standard InChI is InChI=1S/C14H7F13N2O2/c15-9(16,8(31)29-28-5-6-3-1-2-4-7(6)30)10(17,18)11(19,20)12(21,22)13(23,24)14(25,26)27/h1-5,30H,(H,29,31)/b28-5+. The molecule has 31 heavy (non-hydrogen) atoms. The van der Waals surface area contributed by atoms with Gasteiger partial charge in [0.1, 0.15) is 5.75 Å². The van der Waals surface area contributed by atoms with Crippen molar-refractivity contribution in [3.05, 3.63) is 29.8 Å². The van der Waals surface area contributed by atoms with Crippen molar-refractivity contribution in [1.82, 2.24) is 5.43 Å².